The normalized spacial score (nSPS) is 9.83. The fraction of sp³-hybridized carbons (Fsp3) is 0.118. The average Bonchev–Trinajstić information content (AvgIpc) is 2.59. The molecule has 3 N–H and O–H groups in total. The van der Waals surface area contributed by atoms with E-state index in [-0.39, 0.29) is 6.61 Å². The molecule has 0 heterocycles. The molecule has 0 spiro atoms. The van der Waals surface area contributed by atoms with E-state index >= 15 is 0 Å². The van der Waals surface area contributed by atoms with Crippen LogP contribution in [0, 0.1) is 0 Å². The molecule has 0 bridgehead atoms. The van der Waals surface area contributed by atoms with Crippen LogP contribution in [0.3, 0.4) is 0 Å². The molecule has 24 heavy (non-hydrogen) atoms. The minimum absolute atomic E-state index is 0.353. The van der Waals surface area contributed by atoms with Crippen molar-refractivity contribution in [2.75, 3.05) is 13.2 Å². The maximum absolute atomic E-state index is 11.5. The summed E-state index contributed by atoms with van der Waals surface area (Å²) >= 11 is 0. The van der Waals surface area contributed by atoms with Gasteiger partial charge in [0.25, 0.3) is 5.91 Å². The van der Waals surface area contributed by atoms with Gasteiger partial charge in [0.1, 0.15) is 5.75 Å². The summed E-state index contributed by atoms with van der Waals surface area (Å²) in [7, 11) is 0. The standard InChI is InChI=1S/C17H16N2O5/c18-17(22)19-15(20)10-24-16(21)11-23-14-8-6-13(7-9-14)12-4-2-1-3-5-12/h1-9H,10-11H2,(H3,18,19,20,22). The summed E-state index contributed by atoms with van der Waals surface area (Å²) in [5.41, 5.74) is 6.85. The number of hydrogen-bond acceptors (Lipinski definition) is 5. The lowest BCUT2D eigenvalue weighted by Gasteiger charge is -2.08. The first-order valence-electron chi connectivity index (χ1n) is 7.08. The minimum atomic E-state index is -1.01. The van der Waals surface area contributed by atoms with Gasteiger partial charge in [-0.1, -0.05) is 42.5 Å². The number of rotatable bonds is 6. The number of esters is 1. The Labute approximate surface area is 138 Å². The van der Waals surface area contributed by atoms with Gasteiger partial charge in [0.2, 0.25) is 0 Å². The number of nitrogens with two attached hydrogens (primary N) is 1. The molecule has 0 radical (unpaired) electrons. The number of primary amides is 1. The molecule has 124 valence electrons. The lowest BCUT2D eigenvalue weighted by Crippen LogP contribution is -2.38. The Kier molecular flexibility index (Phi) is 5.90. The van der Waals surface area contributed by atoms with Gasteiger partial charge in [-0.25, -0.2) is 9.59 Å². The summed E-state index contributed by atoms with van der Waals surface area (Å²) in [5.74, 6) is -1.04. The molecule has 3 amide bonds. The average molecular weight is 328 g/mol. The van der Waals surface area contributed by atoms with E-state index in [1.165, 1.54) is 0 Å². The van der Waals surface area contributed by atoms with Crippen molar-refractivity contribution < 1.29 is 23.9 Å². The molecule has 0 aliphatic rings. The molecular formula is C17H16N2O5. The number of imide groups is 1. The first-order valence-corrected chi connectivity index (χ1v) is 7.08. The van der Waals surface area contributed by atoms with Gasteiger partial charge in [-0.3, -0.25) is 10.1 Å². The van der Waals surface area contributed by atoms with Crippen molar-refractivity contribution in [3.8, 4) is 16.9 Å². The Hall–Kier alpha value is -3.35. The topological polar surface area (TPSA) is 108 Å². The van der Waals surface area contributed by atoms with Gasteiger partial charge in [-0.15, -0.1) is 0 Å². The third kappa shape index (κ3) is 5.45. The molecule has 0 saturated heterocycles. The molecule has 7 nitrogen and oxygen atoms in total. The number of carbonyl (C=O) groups is 3. The molecule has 0 fully saturated rings. The Morgan fingerprint density at radius 3 is 2.12 bits per heavy atom. The highest BCUT2D eigenvalue weighted by Crippen LogP contribution is 2.21. The van der Waals surface area contributed by atoms with E-state index in [2.05, 4.69) is 4.74 Å². The van der Waals surface area contributed by atoms with Crippen LogP contribution in [0.15, 0.2) is 54.6 Å². The van der Waals surface area contributed by atoms with E-state index in [0.29, 0.717) is 5.75 Å². The molecule has 2 rings (SSSR count). The molecule has 7 heteroatoms. The number of benzene rings is 2. The third-order valence-electron chi connectivity index (χ3n) is 2.94. The molecule has 2 aromatic carbocycles. The van der Waals surface area contributed by atoms with Crippen molar-refractivity contribution in [2.24, 2.45) is 5.73 Å². The molecule has 0 aliphatic carbocycles. The number of hydrogen-bond donors (Lipinski definition) is 2. The lowest BCUT2D eigenvalue weighted by molar-refractivity contribution is -0.150. The number of nitrogens with one attached hydrogen (secondary N) is 1. The van der Waals surface area contributed by atoms with Crippen LogP contribution in [0.5, 0.6) is 5.75 Å². The summed E-state index contributed by atoms with van der Waals surface area (Å²) in [6, 6.07) is 16.0. The van der Waals surface area contributed by atoms with Crippen molar-refractivity contribution in [1.29, 1.82) is 0 Å². The van der Waals surface area contributed by atoms with Crippen LogP contribution in [0.1, 0.15) is 0 Å². The van der Waals surface area contributed by atoms with Gasteiger partial charge >= 0.3 is 12.0 Å². The van der Waals surface area contributed by atoms with Gasteiger partial charge in [0, 0.05) is 0 Å². The molecule has 0 unspecified atom stereocenters. The summed E-state index contributed by atoms with van der Waals surface area (Å²) < 4.78 is 9.91. The van der Waals surface area contributed by atoms with E-state index in [1.807, 2.05) is 42.5 Å². The van der Waals surface area contributed by atoms with Crippen LogP contribution in [-0.2, 0) is 14.3 Å². The minimum Gasteiger partial charge on any atom is -0.482 e. The highest BCUT2D eigenvalue weighted by atomic mass is 16.6. The van der Waals surface area contributed by atoms with Crippen molar-refractivity contribution in [3.63, 3.8) is 0 Å². The fourth-order valence-electron chi connectivity index (χ4n) is 1.88. The highest BCUT2D eigenvalue weighted by Gasteiger charge is 2.09. The Morgan fingerprint density at radius 2 is 1.50 bits per heavy atom. The molecule has 0 aromatic heterocycles. The van der Waals surface area contributed by atoms with Crippen LogP contribution in [0.25, 0.3) is 11.1 Å². The van der Waals surface area contributed by atoms with E-state index < -0.39 is 24.5 Å². The van der Waals surface area contributed by atoms with Gasteiger partial charge in [-0.05, 0) is 23.3 Å². The van der Waals surface area contributed by atoms with Gasteiger partial charge in [-0.2, -0.15) is 0 Å². The smallest absolute Gasteiger partial charge is 0.344 e. The van der Waals surface area contributed by atoms with E-state index in [0.717, 1.165) is 11.1 Å². The molecule has 0 atom stereocenters. The number of carbonyl (C=O) groups excluding carboxylic acids is 3. The predicted molar refractivity (Wildman–Crippen MR) is 86.1 cm³/mol. The number of ether oxygens (including phenoxy) is 2. The maximum Gasteiger partial charge on any atom is 0.344 e. The van der Waals surface area contributed by atoms with Crippen molar-refractivity contribution in [1.82, 2.24) is 5.32 Å². The Bertz CT molecular complexity index is 714. The van der Waals surface area contributed by atoms with Crippen LogP contribution in [-0.4, -0.2) is 31.1 Å². The van der Waals surface area contributed by atoms with Gasteiger partial charge in [0.05, 0.1) is 0 Å². The fourth-order valence-corrected chi connectivity index (χ4v) is 1.88. The first kappa shape index (κ1) is 17.0. The van der Waals surface area contributed by atoms with Gasteiger partial charge < -0.3 is 15.2 Å². The van der Waals surface area contributed by atoms with E-state index in [9.17, 15) is 14.4 Å². The van der Waals surface area contributed by atoms with Crippen LogP contribution < -0.4 is 15.8 Å². The molecule has 0 saturated carbocycles. The monoisotopic (exact) mass is 328 g/mol. The zero-order valence-electron chi connectivity index (χ0n) is 12.7. The van der Waals surface area contributed by atoms with Crippen molar-refractivity contribution in [3.05, 3.63) is 54.6 Å². The number of amides is 3. The highest BCUT2D eigenvalue weighted by molar-refractivity contribution is 5.94. The summed E-state index contributed by atoms with van der Waals surface area (Å²) in [6.07, 6.45) is 0. The van der Waals surface area contributed by atoms with Crippen LogP contribution in [0.4, 0.5) is 4.79 Å². The van der Waals surface area contributed by atoms with Crippen LogP contribution >= 0.6 is 0 Å². The lowest BCUT2D eigenvalue weighted by atomic mass is 10.1. The zero-order valence-corrected chi connectivity index (χ0v) is 12.7. The second kappa shape index (κ2) is 8.33. The SMILES string of the molecule is NC(=O)NC(=O)COC(=O)COc1ccc(-c2ccccc2)cc1. The van der Waals surface area contributed by atoms with Crippen molar-refractivity contribution in [2.45, 2.75) is 0 Å². The zero-order chi connectivity index (χ0) is 17.4. The second-order valence-electron chi connectivity index (χ2n) is 4.75. The Balaban J connectivity index is 1.79. The molecule has 0 aliphatic heterocycles. The number of urea groups is 1. The second-order valence-corrected chi connectivity index (χ2v) is 4.75. The Morgan fingerprint density at radius 1 is 0.875 bits per heavy atom. The maximum atomic E-state index is 11.5. The largest absolute Gasteiger partial charge is 0.482 e. The van der Waals surface area contributed by atoms with Gasteiger partial charge in [0.15, 0.2) is 13.2 Å². The van der Waals surface area contributed by atoms with E-state index in [1.54, 1.807) is 17.4 Å². The van der Waals surface area contributed by atoms with Crippen LogP contribution in [0.2, 0.25) is 0 Å². The molecular weight excluding hydrogens is 312 g/mol. The predicted octanol–water partition coefficient (Wildman–Crippen LogP) is 1.47. The molecule has 2 aromatic rings. The first-order chi connectivity index (χ1) is 11.5. The quantitative estimate of drug-likeness (QED) is 0.781. The third-order valence-corrected chi connectivity index (χ3v) is 2.94. The summed E-state index contributed by atoms with van der Waals surface area (Å²) in [6.45, 7) is -0.952. The van der Waals surface area contributed by atoms with Crippen molar-refractivity contribution >= 4 is 17.9 Å². The summed E-state index contributed by atoms with van der Waals surface area (Å²) in [4.78, 5) is 32.9. The summed E-state index contributed by atoms with van der Waals surface area (Å²) in [5, 5.41) is 1.78. The van der Waals surface area contributed by atoms with E-state index in [4.69, 9.17) is 10.5 Å².